The lowest BCUT2D eigenvalue weighted by Crippen LogP contribution is -2.18. The summed E-state index contributed by atoms with van der Waals surface area (Å²) in [6.45, 7) is 6.77. The zero-order chi connectivity index (χ0) is 8.15. The summed E-state index contributed by atoms with van der Waals surface area (Å²) >= 11 is 8.53. The predicted octanol–water partition coefficient (Wildman–Crippen LogP) is 2.75. The van der Waals surface area contributed by atoms with Crippen molar-refractivity contribution < 1.29 is 0 Å². The second kappa shape index (κ2) is 5.36. The van der Waals surface area contributed by atoms with Gasteiger partial charge in [0.15, 0.2) is 0 Å². The van der Waals surface area contributed by atoms with Crippen molar-refractivity contribution in [2.24, 2.45) is 17.8 Å². The zero-order valence-electron chi connectivity index (χ0n) is 7.04. The molecule has 0 saturated heterocycles. The van der Waals surface area contributed by atoms with E-state index in [1.54, 1.807) is 0 Å². The highest BCUT2D eigenvalue weighted by Crippen LogP contribution is 2.21. The van der Waals surface area contributed by atoms with Gasteiger partial charge in [0.2, 0.25) is 0 Å². The van der Waals surface area contributed by atoms with Crippen molar-refractivity contribution in [1.29, 1.82) is 0 Å². The van der Waals surface area contributed by atoms with Gasteiger partial charge in [0, 0.05) is 0 Å². The van der Waals surface area contributed by atoms with E-state index in [1.807, 2.05) is 0 Å². The van der Waals surface area contributed by atoms with Crippen LogP contribution in [0.3, 0.4) is 0 Å². The van der Waals surface area contributed by atoms with Crippen molar-refractivity contribution in [2.45, 2.75) is 20.8 Å². The third-order valence-corrected chi connectivity index (χ3v) is 3.52. The average Bonchev–Trinajstić information content (AvgIpc) is 2.00. The minimum absolute atomic E-state index is 0.713. The Labute approximate surface area is 75.6 Å². The monoisotopic (exact) mass is 178 g/mol. The van der Waals surface area contributed by atoms with E-state index in [1.165, 1.54) is 0 Å². The highest BCUT2D eigenvalue weighted by atomic mass is 32.1. The molecular formula is C8H18S2. The Morgan fingerprint density at radius 3 is 1.40 bits per heavy atom. The first kappa shape index (κ1) is 10.7. The summed E-state index contributed by atoms with van der Waals surface area (Å²) in [5, 5.41) is 0. The Bertz CT molecular complexity index is 73.3. The minimum Gasteiger partial charge on any atom is -0.179 e. The number of rotatable bonds is 4. The lowest BCUT2D eigenvalue weighted by Gasteiger charge is -2.23. The molecule has 0 aromatic heterocycles. The Morgan fingerprint density at radius 1 is 0.900 bits per heavy atom. The van der Waals surface area contributed by atoms with Gasteiger partial charge in [0.05, 0.1) is 0 Å². The maximum absolute atomic E-state index is 4.26. The van der Waals surface area contributed by atoms with Crippen LogP contribution < -0.4 is 0 Å². The first-order valence-electron chi connectivity index (χ1n) is 3.85. The molecule has 0 heterocycles. The Balaban J connectivity index is 3.69. The van der Waals surface area contributed by atoms with Crippen LogP contribution in [0.4, 0.5) is 0 Å². The summed E-state index contributed by atoms with van der Waals surface area (Å²) in [6.07, 6.45) is 0. The van der Waals surface area contributed by atoms with Crippen LogP contribution in [0.2, 0.25) is 0 Å². The van der Waals surface area contributed by atoms with E-state index < -0.39 is 0 Å². The minimum atomic E-state index is 0.713. The molecule has 0 bridgehead atoms. The summed E-state index contributed by atoms with van der Waals surface area (Å²) in [5.41, 5.74) is 0. The first-order valence-corrected chi connectivity index (χ1v) is 5.11. The SMILES string of the molecule is CC(CS)C(C)C(C)CS. The molecule has 0 aromatic rings. The lowest BCUT2D eigenvalue weighted by molar-refractivity contribution is 0.326. The van der Waals surface area contributed by atoms with Crippen LogP contribution in [0.5, 0.6) is 0 Å². The highest BCUT2D eigenvalue weighted by Gasteiger charge is 2.16. The van der Waals surface area contributed by atoms with Gasteiger partial charge in [-0.15, -0.1) is 0 Å². The molecule has 0 N–H and O–H groups in total. The standard InChI is InChI=1S/C8H18S2/c1-6(4-9)8(3)7(2)5-10/h6-10H,4-5H2,1-3H3. The molecule has 0 saturated carbocycles. The molecule has 0 radical (unpaired) electrons. The summed E-state index contributed by atoms with van der Waals surface area (Å²) in [6, 6.07) is 0. The molecule has 0 aliphatic rings. The van der Waals surface area contributed by atoms with Crippen molar-refractivity contribution in [3.8, 4) is 0 Å². The molecule has 2 unspecified atom stereocenters. The van der Waals surface area contributed by atoms with E-state index in [2.05, 4.69) is 46.0 Å². The summed E-state index contributed by atoms with van der Waals surface area (Å²) < 4.78 is 0. The molecule has 0 fully saturated rings. The van der Waals surface area contributed by atoms with Crippen molar-refractivity contribution in [3.63, 3.8) is 0 Å². The van der Waals surface area contributed by atoms with Gasteiger partial charge in [0.25, 0.3) is 0 Å². The van der Waals surface area contributed by atoms with Crippen LogP contribution >= 0.6 is 25.3 Å². The molecule has 0 aromatic carbocycles. The molecule has 0 nitrogen and oxygen atoms in total. The van der Waals surface area contributed by atoms with E-state index in [0.717, 1.165) is 17.4 Å². The fourth-order valence-electron chi connectivity index (χ4n) is 0.893. The topological polar surface area (TPSA) is 0 Å². The van der Waals surface area contributed by atoms with Gasteiger partial charge in [-0.1, -0.05) is 20.8 Å². The molecule has 0 aliphatic heterocycles. The van der Waals surface area contributed by atoms with Crippen LogP contribution in [0.25, 0.3) is 0 Å². The van der Waals surface area contributed by atoms with Gasteiger partial charge in [-0.05, 0) is 29.3 Å². The van der Waals surface area contributed by atoms with E-state index >= 15 is 0 Å². The van der Waals surface area contributed by atoms with E-state index in [-0.39, 0.29) is 0 Å². The average molecular weight is 178 g/mol. The maximum Gasteiger partial charge on any atom is -0.00695 e. The highest BCUT2D eigenvalue weighted by molar-refractivity contribution is 7.80. The van der Waals surface area contributed by atoms with Crippen LogP contribution in [-0.4, -0.2) is 11.5 Å². The molecule has 62 valence electrons. The van der Waals surface area contributed by atoms with Crippen LogP contribution in [0.15, 0.2) is 0 Å². The summed E-state index contributed by atoms with van der Waals surface area (Å²) in [4.78, 5) is 0. The van der Waals surface area contributed by atoms with Gasteiger partial charge < -0.3 is 0 Å². The smallest absolute Gasteiger partial charge is 0.00695 e. The summed E-state index contributed by atoms with van der Waals surface area (Å²) in [7, 11) is 0. The molecule has 0 aliphatic carbocycles. The zero-order valence-corrected chi connectivity index (χ0v) is 8.83. The third-order valence-electron chi connectivity index (χ3n) is 2.37. The van der Waals surface area contributed by atoms with Gasteiger partial charge in [-0.25, -0.2) is 0 Å². The Hall–Kier alpha value is 0.700. The third kappa shape index (κ3) is 3.20. The second-order valence-electron chi connectivity index (χ2n) is 3.18. The van der Waals surface area contributed by atoms with Gasteiger partial charge in [-0.3, -0.25) is 0 Å². The Kier molecular flexibility index (Phi) is 5.74. The largest absolute Gasteiger partial charge is 0.179 e. The van der Waals surface area contributed by atoms with Crippen molar-refractivity contribution >= 4 is 25.3 Å². The molecule has 0 spiro atoms. The molecule has 2 heteroatoms. The quantitative estimate of drug-likeness (QED) is 0.608. The first-order chi connectivity index (χ1) is 4.63. The molecule has 2 atom stereocenters. The molecular weight excluding hydrogens is 160 g/mol. The van der Waals surface area contributed by atoms with Crippen molar-refractivity contribution in [1.82, 2.24) is 0 Å². The predicted molar refractivity (Wildman–Crippen MR) is 55.2 cm³/mol. The second-order valence-corrected chi connectivity index (χ2v) is 3.91. The van der Waals surface area contributed by atoms with Crippen LogP contribution in [0, 0.1) is 17.8 Å². The molecule has 0 rings (SSSR count). The lowest BCUT2D eigenvalue weighted by atomic mass is 9.87. The van der Waals surface area contributed by atoms with Gasteiger partial charge >= 0.3 is 0 Å². The summed E-state index contributed by atoms with van der Waals surface area (Å²) in [5.74, 6) is 4.14. The van der Waals surface area contributed by atoms with E-state index in [4.69, 9.17) is 0 Å². The normalized spacial score (nSPS) is 20.1. The van der Waals surface area contributed by atoms with Gasteiger partial charge in [0.1, 0.15) is 0 Å². The fraction of sp³-hybridized carbons (Fsp3) is 1.00. The number of hydrogen-bond acceptors (Lipinski definition) is 2. The van der Waals surface area contributed by atoms with E-state index in [9.17, 15) is 0 Å². The number of thiol groups is 2. The molecule has 0 amide bonds. The van der Waals surface area contributed by atoms with Crippen LogP contribution in [0.1, 0.15) is 20.8 Å². The van der Waals surface area contributed by atoms with Crippen molar-refractivity contribution in [2.75, 3.05) is 11.5 Å². The fourth-order valence-corrected chi connectivity index (χ4v) is 1.56. The maximum atomic E-state index is 4.26. The van der Waals surface area contributed by atoms with Crippen LogP contribution in [-0.2, 0) is 0 Å². The van der Waals surface area contributed by atoms with Gasteiger partial charge in [-0.2, -0.15) is 25.3 Å². The molecule has 10 heavy (non-hydrogen) atoms. The Morgan fingerprint density at radius 2 is 1.20 bits per heavy atom. The van der Waals surface area contributed by atoms with E-state index in [0.29, 0.717) is 11.8 Å². The van der Waals surface area contributed by atoms with Crippen molar-refractivity contribution in [3.05, 3.63) is 0 Å². The number of hydrogen-bond donors (Lipinski definition) is 2.